The Bertz CT molecular complexity index is 350. The molecular weight excluding hydrogens is 228 g/mol. The Hall–Kier alpha value is -1.000. The number of rotatable bonds is 4. The number of aryl methyl sites for hydroxylation is 2. The summed E-state index contributed by atoms with van der Waals surface area (Å²) >= 11 is 0. The van der Waals surface area contributed by atoms with E-state index in [-0.39, 0.29) is 18.3 Å². The number of nitrogens with one attached hydrogen (secondary N) is 1. The van der Waals surface area contributed by atoms with Gasteiger partial charge in [0, 0.05) is 6.54 Å². The zero-order valence-electron chi connectivity index (χ0n) is 9.87. The maximum absolute atomic E-state index is 11.7. The molecule has 1 aromatic heterocycles. The van der Waals surface area contributed by atoms with Crippen LogP contribution < -0.4 is 11.1 Å². The van der Waals surface area contributed by atoms with Crippen LogP contribution in [0.25, 0.3) is 0 Å². The molecule has 0 spiro atoms. The van der Waals surface area contributed by atoms with Gasteiger partial charge < -0.3 is 15.5 Å². The summed E-state index contributed by atoms with van der Waals surface area (Å²) in [6.45, 7) is 6.77. The lowest BCUT2D eigenvalue weighted by molar-refractivity contribution is 0.0947. The molecule has 0 saturated heterocycles. The monoisotopic (exact) mass is 246 g/mol. The van der Waals surface area contributed by atoms with Crippen LogP contribution in [0.2, 0.25) is 0 Å². The van der Waals surface area contributed by atoms with Crippen LogP contribution in [0.3, 0.4) is 0 Å². The quantitative estimate of drug-likeness (QED) is 0.849. The molecule has 1 aromatic rings. The van der Waals surface area contributed by atoms with Crippen molar-refractivity contribution in [1.82, 2.24) is 5.32 Å². The van der Waals surface area contributed by atoms with Crippen molar-refractivity contribution >= 4 is 18.3 Å². The predicted octanol–water partition coefficient (Wildman–Crippen LogP) is 1.64. The van der Waals surface area contributed by atoms with Gasteiger partial charge in [0.15, 0.2) is 0 Å². The van der Waals surface area contributed by atoms with E-state index >= 15 is 0 Å². The molecule has 16 heavy (non-hydrogen) atoms. The van der Waals surface area contributed by atoms with E-state index in [2.05, 4.69) is 5.32 Å². The number of amides is 1. The van der Waals surface area contributed by atoms with Gasteiger partial charge in [-0.05, 0) is 32.4 Å². The lowest BCUT2D eigenvalue weighted by Crippen LogP contribution is -2.31. The van der Waals surface area contributed by atoms with Crippen molar-refractivity contribution in [2.75, 3.05) is 13.1 Å². The van der Waals surface area contributed by atoms with Crippen molar-refractivity contribution in [2.45, 2.75) is 20.8 Å². The third kappa shape index (κ3) is 3.87. The van der Waals surface area contributed by atoms with Crippen LogP contribution in [0, 0.1) is 19.8 Å². The first-order valence-electron chi connectivity index (χ1n) is 5.10. The number of carbonyl (C=O) groups excluding carboxylic acids is 1. The lowest BCUT2D eigenvalue weighted by atomic mass is 10.1. The standard InChI is InChI=1S/C11H18N2O2.ClH/c1-7(5-12)6-13-11(14)10-4-8(2)15-9(10)3;/h4,7H,5-6,12H2,1-3H3,(H,13,14);1H. The molecule has 1 rings (SSSR count). The van der Waals surface area contributed by atoms with E-state index in [9.17, 15) is 4.79 Å². The van der Waals surface area contributed by atoms with E-state index in [1.165, 1.54) is 0 Å². The molecule has 1 amide bonds. The SMILES string of the molecule is Cc1cc(C(=O)NCC(C)CN)c(C)o1.Cl. The van der Waals surface area contributed by atoms with E-state index in [0.29, 0.717) is 30.3 Å². The molecule has 0 saturated carbocycles. The van der Waals surface area contributed by atoms with Gasteiger partial charge in [-0.2, -0.15) is 0 Å². The van der Waals surface area contributed by atoms with E-state index in [0.717, 1.165) is 5.76 Å². The van der Waals surface area contributed by atoms with Crippen LogP contribution in [-0.4, -0.2) is 19.0 Å². The maximum atomic E-state index is 11.7. The Morgan fingerprint density at radius 3 is 2.62 bits per heavy atom. The van der Waals surface area contributed by atoms with Gasteiger partial charge in [0.05, 0.1) is 5.56 Å². The van der Waals surface area contributed by atoms with E-state index in [1.807, 2.05) is 13.8 Å². The fraction of sp³-hybridized carbons (Fsp3) is 0.545. The van der Waals surface area contributed by atoms with Crippen LogP contribution in [-0.2, 0) is 0 Å². The normalized spacial score (nSPS) is 11.8. The van der Waals surface area contributed by atoms with Crippen molar-refractivity contribution in [3.8, 4) is 0 Å². The number of halogens is 1. The van der Waals surface area contributed by atoms with Gasteiger partial charge in [-0.3, -0.25) is 4.79 Å². The second-order valence-electron chi connectivity index (χ2n) is 3.88. The fourth-order valence-electron chi connectivity index (χ4n) is 1.30. The molecule has 0 bridgehead atoms. The van der Waals surface area contributed by atoms with Crippen LogP contribution in [0.1, 0.15) is 28.8 Å². The average Bonchev–Trinajstić information content (AvgIpc) is 2.53. The smallest absolute Gasteiger partial charge is 0.254 e. The summed E-state index contributed by atoms with van der Waals surface area (Å²) in [5.41, 5.74) is 6.07. The first kappa shape index (κ1) is 15.0. The summed E-state index contributed by atoms with van der Waals surface area (Å²) in [5, 5.41) is 2.82. The third-order valence-electron chi connectivity index (χ3n) is 2.30. The summed E-state index contributed by atoms with van der Waals surface area (Å²) in [6, 6.07) is 1.75. The van der Waals surface area contributed by atoms with Crippen molar-refractivity contribution < 1.29 is 9.21 Å². The van der Waals surface area contributed by atoms with Crippen LogP contribution in [0.5, 0.6) is 0 Å². The molecule has 0 radical (unpaired) electrons. The highest BCUT2D eigenvalue weighted by Gasteiger charge is 2.13. The van der Waals surface area contributed by atoms with E-state index < -0.39 is 0 Å². The number of nitrogens with two attached hydrogens (primary N) is 1. The van der Waals surface area contributed by atoms with Crippen LogP contribution in [0.15, 0.2) is 10.5 Å². The molecule has 1 atom stereocenters. The zero-order valence-corrected chi connectivity index (χ0v) is 10.7. The second-order valence-corrected chi connectivity index (χ2v) is 3.88. The Morgan fingerprint density at radius 2 is 2.19 bits per heavy atom. The minimum Gasteiger partial charge on any atom is -0.466 e. The Morgan fingerprint density at radius 1 is 1.56 bits per heavy atom. The topological polar surface area (TPSA) is 68.3 Å². The summed E-state index contributed by atoms with van der Waals surface area (Å²) in [5.74, 6) is 1.61. The Balaban J connectivity index is 0.00000225. The number of carbonyl (C=O) groups is 1. The number of hydrogen-bond acceptors (Lipinski definition) is 3. The summed E-state index contributed by atoms with van der Waals surface area (Å²) in [6.07, 6.45) is 0. The molecule has 92 valence electrons. The highest BCUT2D eigenvalue weighted by molar-refractivity contribution is 5.95. The molecule has 0 aliphatic rings. The van der Waals surface area contributed by atoms with Crippen molar-refractivity contribution in [2.24, 2.45) is 11.7 Å². The predicted molar refractivity (Wildman–Crippen MR) is 66.0 cm³/mol. The summed E-state index contributed by atoms with van der Waals surface area (Å²) < 4.78 is 5.28. The molecule has 0 aliphatic heterocycles. The van der Waals surface area contributed by atoms with Crippen molar-refractivity contribution in [3.05, 3.63) is 23.2 Å². The summed E-state index contributed by atoms with van der Waals surface area (Å²) in [4.78, 5) is 11.7. The van der Waals surface area contributed by atoms with E-state index in [1.54, 1.807) is 13.0 Å². The Kier molecular flexibility index (Phi) is 6.14. The molecular formula is C11H19ClN2O2. The highest BCUT2D eigenvalue weighted by atomic mass is 35.5. The molecule has 0 aliphatic carbocycles. The fourth-order valence-corrected chi connectivity index (χ4v) is 1.30. The van der Waals surface area contributed by atoms with Gasteiger partial charge in [0.1, 0.15) is 11.5 Å². The highest BCUT2D eigenvalue weighted by Crippen LogP contribution is 2.13. The first-order valence-corrected chi connectivity index (χ1v) is 5.10. The molecule has 1 heterocycles. The first-order chi connectivity index (χ1) is 7.04. The van der Waals surface area contributed by atoms with Gasteiger partial charge in [-0.25, -0.2) is 0 Å². The van der Waals surface area contributed by atoms with Crippen LogP contribution >= 0.6 is 12.4 Å². The van der Waals surface area contributed by atoms with Gasteiger partial charge in [-0.1, -0.05) is 6.92 Å². The van der Waals surface area contributed by atoms with Crippen molar-refractivity contribution in [1.29, 1.82) is 0 Å². The minimum atomic E-state index is -0.0929. The van der Waals surface area contributed by atoms with Gasteiger partial charge in [0.25, 0.3) is 5.91 Å². The molecule has 0 aromatic carbocycles. The van der Waals surface area contributed by atoms with Gasteiger partial charge in [0.2, 0.25) is 0 Å². The van der Waals surface area contributed by atoms with Crippen molar-refractivity contribution in [3.63, 3.8) is 0 Å². The average molecular weight is 247 g/mol. The molecule has 0 fully saturated rings. The van der Waals surface area contributed by atoms with Gasteiger partial charge in [-0.15, -0.1) is 12.4 Å². The molecule has 1 unspecified atom stereocenters. The maximum Gasteiger partial charge on any atom is 0.254 e. The zero-order chi connectivity index (χ0) is 11.4. The lowest BCUT2D eigenvalue weighted by Gasteiger charge is -2.09. The second kappa shape index (κ2) is 6.55. The minimum absolute atomic E-state index is 0. The number of furan rings is 1. The van der Waals surface area contributed by atoms with Crippen LogP contribution in [0.4, 0.5) is 0 Å². The molecule has 5 heteroatoms. The molecule has 3 N–H and O–H groups in total. The largest absolute Gasteiger partial charge is 0.466 e. The third-order valence-corrected chi connectivity index (χ3v) is 2.30. The van der Waals surface area contributed by atoms with Gasteiger partial charge >= 0.3 is 0 Å². The van der Waals surface area contributed by atoms with E-state index in [4.69, 9.17) is 10.2 Å². The molecule has 4 nitrogen and oxygen atoms in total. The number of hydrogen-bond donors (Lipinski definition) is 2. The summed E-state index contributed by atoms with van der Waals surface area (Å²) in [7, 11) is 0. The Labute approximate surface area is 102 Å².